The molecule has 2 aromatic heterocycles. The normalized spacial score (nSPS) is 11.2. The smallest absolute Gasteiger partial charge is 0.416 e. The molecule has 34 heavy (non-hydrogen) atoms. The molecule has 0 atom stereocenters. The zero-order chi connectivity index (χ0) is 24.1. The molecule has 0 spiro atoms. The summed E-state index contributed by atoms with van der Waals surface area (Å²) in [4.78, 5) is 8.36. The standard InChI is InChI=1S/C24H20F3N3O4/c1-31-18-9-3-15(4-10-18)14-33-19-11-22(28-13-21(19)32-2)30-23-29-12-20(34-23)16-5-7-17(8-6-16)24(25,26)27/h3-13H,14H2,1-2H3,(H,28,29,30). The molecule has 0 saturated carbocycles. The lowest BCUT2D eigenvalue weighted by Crippen LogP contribution is -2.03. The van der Waals surface area contributed by atoms with E-state index in [4.69, 9.17) is 18.6 Å². The van der Waals surface area contributed by atoms with Gasteiger partial charge < -0.3 is 18.6 Å². The summed E-state index contributed by atoms with van der Waals surface area (Å²) in [6.45, 7) is 0.293. The van der Waals surface area contributed by atoms with E-state index in [2.05, 4.69) is 15.3 Å². The van der Waals surface area contributed by atoms with Gasteiger partial charge in [-0.25, -0.2) is 9.97 Å². The maximum absolute atomic E-state index is 12.8. The maximum Gasteiger partial charge on any atom is 0.416 e. The Bertz CT molecular complexity index is 1240. The first-order valence-electron chi connectivity index (χ1n) is 10.1. The second-order valence-electron chi connectivity index (χ2n) is 7.09. The van der Waals surface area contributed by atoms with Crippen molar-refractivity contribution < 1.29 is 31.8 Å². The van der Waals surface area contributed by atoms with Crippen molar-refractivity contribution in [1.29, 1.82) is 0 Å². The number of nitrogens with zero attached hydrogens (tertiary/aromatic N) is 2. The van der Waals surface area contributed by atoms with Gasteiger partial charge in [0.2, 0.25) is 0 Å². The van der Waals surface area contributed by atoms with Crippen molar-refractivity contribution >= 4 is 11.8 Å². The number of methoxy groups -OCH3 is 2. The highest BCUT2D eigenvalue weighted by molar-refractivity contribution is 5.60. The molecular weight excluding hydrogens is 451 g/mol. The van der Waals surface area contributed by atoms with E-state index >= 15 is 0 Å². The van der Waals surface area contributed by atoms with Gasteiger partial charge in [-0.15, -0.1) is 0 Å². The SMILES string of the molecule is COc1ccc(COc2cc(Nc3ncc(-c4ccc(C(F)(F)F)cc4)o3)ncc2OC)cc1. The number of rotatable bonds is 8. The number of ether oxygens (including phenoxy) is 3. The third-order valence-electron chi connectivity index (χ3n) is 4.84. The number of anilines is 2. The van der Waals surface area contributed by atoms with E-state index < -0.39 is 11.7 Å². The fraction of sp³-hybridized carbons (Fsp3) is 0.167. The summed E-state index contributed by atoms with van der Waals surface area (Å²) in [5.41, 5.74) is 0.654. The van der Waals surface area contributed by atoms with Crippen LogP contribution in [0.1, 0.15) is 11.1 Å². The Morgan fingerprint density at radius 3 is 2.26 bits per heavy atom. The summed E-state index contributed by atoms with van der Waals surface area (Å²) in [5, 5.41) is 2.91. The van der Waals surface area contributed by atoms with Gasteiger partial charge in [0.05, 0.1) is 32.2 Å². The molecule has 2 heterocycles. The molecule has 7 nitrogen and oxygen atoms in total. The molecule has 0 fully saturated rings. The minimum absolute atomic E-state index is 0.119. The number of hydrogen-bond donors (Lipinski definition) is 1. The second-order valence-corrected chi connectivity index (χ2v) is 7.09. The number of benzene rings is 2. The third kappa shape index (κ3) is 5.40. The van der Waals surface area contributed by atoms with Gasteiger partial charge in [0.1, 0.15) is 18.2 Å². The van der Waals surface area contributed by atoms with Crippen LogP contribution >= 0.6 is 0 Å². The number of pyridine rings is 1. The first-order valence-corrected chi connectivity index (χ1v) is 10.1. The van der Waals surface area contributed by atoms with Crippen LogP contribution in [0.15, 0.2) is 71.4 Å². The highest BCUT2D eigenvalue weighted by atomic mass is 19.4. The van der Waals surface area contributed by atoms with Gasteiger partial charge in [-0.1, -0.05) is 24.3 Å². The van der Waals surface area contributed by atoms with Gasteiger partial charge in [-0.2, -0.15) is 13.2 Å². The Kier molecular flexibility index (Phi) is 6.58. The van der Waals surface area contributed by atoms with Crippen LogP contribution in [0.3, 0.4) is 0 Å². The molecule has 0 aliphatic carbocycles. The van der Waals surface area contributed by atoms with E-state index in [9.17, 15) is 13.2 Å². The Balaban J connectivity index is 1.46. The van der Waals surface area contributed by atoms with Gasteiger partial charge in [0.25, 0.3) is 0 Å². The molecule has 0 amide bonds. The van der Waals surface area contributed by atoms with Crippen LogP contribution in [0, 0.1) is 0 Å². The molecule has 10 heteroatoms. The summed E-state index contributed by atoms with van der Waals surface area (Å²) in [6, 6.07) is 13.8. The highest BCUT2D eigenvalue weighted by Gasteiger charge is 2.30. The zero-order valence-electron chi connectivity index (χ0n) is 18.2. The molecule has 4 rings (SSSR count). The molecule has 0 aliphatic heterocycles. The summed E-state index contributed by atoms with van der Waals surface area (Å²) < 4.78 is 60.3. The quantitative estimate of drug-likeness (QED) is 0.333. The average Bonchev–Trinajstić information content (AvgIpc) is 3.31. The molecular formula is C24H20F3N3O4. The van der Waals surface area contributed by atoms with Crippen molar-refractivity contribution in [3.63, 3.8) is 0 Å². The van der Waals surface area contributed by atoms with E-state index in [0.29, 0.717) is 35.2 Å². The third-order valence-corrected chi connectivity index (χ3v) is 4.84. The summed E-state index contributed by atoms with van der Waals surface area (Å²) >= 11 is 0. The molecule has 2 aromatic carbocycles. The Morgan fingerprint density at radius 1 is 0.882 bits per heavy atom. The van der Waals surface area contributed by atoms with Crippen molar-refractivity contribution in [2.75, 3.05) is 19.5 Å². The van der Waals surface area contributed by atoms with Crippen LogP contribution in [0.5, 0.6) is 17.2 Å². The van der Waals surface area contributed by atoms with Gasteiger partial charge in [-0.3, -0.25) is 5.32 Å². The summed E-state index contributed by atoms with van der Waals surface area (Å²) in [6.07, 6.45) is -1.50. The number of alkyl halides is 3. The maximum atomic E-state index is 12.8. The van der Waals surface area contributed by atoms with Crippen molar-refractivity contribution in [1.82, 2.24) is 9.97 Å². The first-order chi connectivity index (χ1) is 16.4. The van der Waals surface area contributed by atoms with Crippen LogP contribution in [0.4, 0.5) is 25.0 Å². The minimum atomic E-state index is -4.40. The minimum Gasteiger partial charge on any atom is -0.497 e. The predicted molar refractivity (Wildman–Crippen MR) is 118 cm³/mol. The van der Waals surface area contributed by atoms with E-state index in [0.717, 1.165) is 23.4 Å². The van der Waals surface area contributed by atoms with Crippen LogP contribution in [0.2, 0.25) is 0 Å². The van der Waals surface area contributed by atoms with Crippen molar-refractivity contribution in [2.45, 2.75) is 12.8 Å². The first kappa shape index (κ1) is 23.0. The molecule has 0 saturated heterocycles. The summed E-state index contributed by atoms with van der Waals surface area (Å²) in [5.74, 6) is 2.33. The van der Waals surface area contributed by atoms with Crippen molar-refractivity contribution in [2.24, 2.45) is 0 Å². The highest BCUT2D eigenvalue weighted by Crippen LogP contribution is 2.33. The second kappa shape index (κ2) is 9.74. The van der Waals surface area contributed by atoms with Crippen LogP contribution in [-0.2, 0) is 12.8 Å². The van der Waals surface area contributed by atoms with E-state index in [1.54, 1.807) is 13.2 Å². The lowest BCUT2D eigenvalue weighted by atomic mass is 10.1. The number of hydrogen-bond acceptors (Lipinski definition) is 7. The lowest BCUT2D eigenvalue weighted by molar-refractivity contribution is -0.137. The van der Waals surface area contributed by atoms with E-state index in [1.807, 2.05) is 24.3 Å². The number of nitrogens with one attached hydrogen (secondary N) is 1. The average molecular weight is 471 g/mol. The largest absolute Gasteiger partial charge is 0.497 e. The molecule has 4 aromatic rings. The van der Waals surface area contributed by atoms with Crippen LogP contribution in [0.25, 0.3) is 11.3 Å². The Morgan fingerprint density at radius 2 is 1.62 bits per heavy atom. The van der Waals surface area contributed by atoms with Gasteiger partial charge in [0.15, 0.2) is 17.3 Å². The Labute approximate surface area is 193 Å². The predicted octanol–water partition coefficient (Wildman–Crippen LogP) is 6.10. The van der Waals surface area contributed by atoms with Crippen molar-refractivity contribution in [3.8, 4) is 28.6 Å². The molecule has 0 aliphatic rings. The monoisotopic (exact) mass is 471 g/mol. The summed E-state index contributed by atoms with van der Waals surface area (Å²) in [7, 11) is 3.11. The fourth-order valence-electron chi connectivity index (χ4n) is 3.04. The number of oxazole rings is 1. The molecule has 0 bridgehead atoms. The van der Waals surface area contributed by atoms with Crippen LogP contribution < -0.4 is 19.5 Å². The topological polar surface area (TPSA) is 78.6 Å². The molecule has 0 unspecified atom stereocenters. The fourth-order valence-corrected chi connectivity index (χ4v) is 3.04. The van der Waals surface area contributed by atoms with E-state index in [1.165, 1.54) is 31.6 Å². The number of halogens is 3. The molecule has 0 radical (unpaired) electrons. The van der Waals surface area contributed by atoms with Gasteiger partial charge in [-0.05, 0) is 29.8 Å². The molecule has 176 valence electrons. The number of aromatic nitrogens is 2. The van der Waals surface area contributed by atoms with Crippen LogP contribution in [-0.4, -0.2) is 24.2 Å². The van der Waals surface area contributed by atoms with Crippen molar-refractivity contribution in [3.05, 3.63) is 78.1 Å². The lowest BCUT2D eigenvalue weighted by Gasteiger charge is -2.12. The molecule has 1 N–H and O–H groups in total. The van der Waals surface area contributed by atoms with Gasteiger partial charge >= 0.3 is 12.2 Å². The van der Waals surface area contributed by atoms with E-state index in [-0.39, 0.29) is 6.01 Å². The zero-order valence-corrected chi connectivity index (χ0v) is 18.2. The van der Waals surface area contributed by atoms with Gasteiger partial charge in [0, 0.05) is 11.6 Å². The Hall–Kier alpha value is -4.21.